The van der Waals surface area contributed by atoms with Gasteiger partial charge in [0, 0.05) is 5.56 Å². The van der Waals surface area contributed by atoms with E-state index in [-0.39, 0.29) is 12.5 Å². The summed E-state index contributed by atoms with van der Waals surface area (Å²) >= 11 is 0. The van der Waals surface area contributed by atoms with Crippen molar-refractivity contribution in [1.29, 1.82) is 0 Å². The van der Waals surface area contributed by atoms with E-state index < -0.39 is 11.9 Å². The van der Waals surface area contributed by atoms with Crippen LogP contribution in [0, 0.1) is 18.8 Å². The second-order valence-corrected chi connectivity index (χ2v) is 4.15. The molecule has 0 saturated carbocycles. The quantitative estimate of drug-likeness (QED) is 0.661. The molecule has 2 amide bonds. The van der Waals surface area contributed by atoms with Gasteiger partial charge in [-0.15, -0.1) is 0 Å². The van der Waals surface area contributed by atoms with Crippen molar-refractivity contribution in [3.63, 3.8) is 0 Å². The number of carbonyl (C=O) groups excluding carboxylic acids is 2. The Kier molecular flexibility index (Phi) is 5.10. The fourth-order valence-corrected chi connectivity index (χ4v) is 1.45. The molecule has 5 heteroatoms. The molecule has 0 fully saturated rings. The number of primary amides is 1. The first-order valence-electron chi connectivity index (χ1n) is 5.85. The van der Waals surface area contributed by atoms with Crippen molar-refractivity contribution in [2.45, 2.75) is 19.9 Å². The average molecular weight is 259 g/mol. The van der Waals surface area contributed by atoms with E-state index in [0.717, 1.165) is 5.56 Å². The minimum atomic E-state index is -0.732. The normalized spacial score (nSPS) is 11.1. The molecule has 1 aromatic rings. The highest BCUT2D eigenvalue weighted by Crippen LogP contribution is 2.11. The van der Waals surface area contributed by atoms with Gasteiger partial charge in [-0.3, -0.25) is 9.59 Å². The third kappa shape index (κ3) is 4.12. The zero-order valence-electron chi connectivity index (χ0n) is 11.0. The van der Waals surface area contributed by atoms with E-state index in [0.29, 0.717) is 11.1 Å². The topological polar surface area (TPSA) is 98.2 Å². The Morgan fingerprint density at radius 3 is 2.68 bits per heavy atom. The summed E-state index contributed by atoms with van der Waals surface area (Å²) in [5.74, 6) is 4.58. The van der Waals surface area contributed by atoms with E-state index in [9.17, 15) is 9.59 Å². The molecule has 0 aliphatic rings. The Morgan fingerprint density at radius 1 is 1.42 bits per heavy atom. The highest BCUT2D eigenvalue weighted by Gasteiger charge is 2.15. The first-order chi connectivity index (χ1) is 8.95. The lowest BCUT2D eigenvalue weighted by Crippen LogP contribution is -2.42. The highest BCUT2D eigenvalue weighted by atomic mass is 16.2. The van der Waals surface area contributed by atoms with Crippen molar-refractivity contribution in [2.24, 2.45) is 11.5 Å². The van der Waals surface area contributed by atoms with Crippen LogP contribution >= 0.6 is 0 Å². The lowest BCUT2D eigenvalue weighted by molar-refractivity contribution is -0.119. The summed E-state index contributed by atoms with van der Waals surface area (Å²) in [5, 5.41) is 2.52. The predicted molar refractivity (Wildman–Crippen MR) is 73.2 cm³/mol. The Hall–Kier alpha value is -2.32. The molecule has 0 radical (unpaired) electrons. The van der Waals surface area contributed by atoms with Crippen LogP contribution in [0.4, 0.5) is 0 Å². The Bertz CT molecular complexity index is 556. The van der Waals surface area contributed by atoms with Crippen LogP contribution in [0.5, 0.6) is 0 Å². The predicted octanol–water partition coefficient (Wildman–Crippen LogP) is -0.0912. The molecule has 1 aromatic carbocycles. The lowest BCUT2D eigenvalue weighted by Gasteiger charge is -2.11. The zero-order valence-corrected chi connectivity index (χ0v) is 11.0. The van der Waals surface area contributed by atoms with Gasteiger partial charge in [0.05, 0.1) is 12.1 Å². The number of hydrogen-bond acceptors (Lipinski definition) is 3. The van der Waals surface area contributed by atoms with Gasteiger partial charge in [0.1, 0.15) is 6.04 Å². The van der Waals surface area contributed by atoms with Crippen molar-refractivity contribution in [3.8, 4) is 11.8 Å². The van der Waals surface area contributed by atoms with E-state index in [1.165, 1.54) is 6.92 Å². The number of aryl methyl sites for hydroxylation is 1. The molecule has 100 valence electrons. The van der Waals surface area contributed by atoms with Gasteiger partial charge in [0.15, 0.2) is 0 Å². The summed E-state index contributed by atoms with van der Waals surface area (Å²) in [7, 11) is 0. The fraction of sp³-hybridized carbons (Fsp3) is 0.286. The summed E-state index contributed by atoms with van der Waals surface area (Å²) in [6.07, 6.45) is 0. The van der Waals surface area contributed by atoms with Crippen molar-refractivity contribution >= 4 is 11.8 Å². The van der Waals surface area contributed by atoms with Crippen LogP contribution in [0.2, 0.25) is 0 Å². The maximum absolute atomic E-state index is 12.0. The van der Waals surface area contributed by atoms with E-state index >= 15 is 0 Å². The van der Waals surface area contributed by atoms with Gasteiger partial charge in [-0.1, -0.05) is 17.9 Å². The Morgan fingerprint density at radius 2 is 2.11 bits per heavy atom. The molecule has 0 heterocycles. The van der Waals surface area contributed by atoms with Crippen LogP contribution in [0.15, 0.2) is 18.2 Å². The first-order valence-corrected chi connectivity index (χ1v) is 5.85. The monoisotopic (exact) mass is 259 g/mol. The van der Waals surface area contributed by atoms with Crippen molar-refractivity contribution in [2.75, 3.05) is 6.54 Å². The van der Waals surface area contributed by atoms with Crippen molar-refractivity contribution in [3.05, 3.63) is 34.9 Å². The van der Waals surface area contributed by atoms with Crippen LogP contribution in [0.25, 0.3) is 0 Å². The van der Waals surface area contributed by atoms with E-state index in [1.807, 2.05) is 6.92 Å². The SMILES string of the molecule is Cc1ccc(C(=O)NC(C)C(N)=O)c(C#CCN)c1. The number of rotatable bonds is 3. The standard InChI is InChI=1S/C14H17N3O2/c1-9-5-6-12(11(8-9)4-3-7-15)14(19)17-10(2)13(16)18/h5-6,8,10H,7,15H2,1-2H3,(H2,16,18)(H,17,19). The molecule has 0 aliphatic carbocycles. The van der Waals surface area contributed by atoms with E-state index in [1.54, 1.807) is 18.2 Å². The molecule has 1 rings (SSSR count). The summed E-state index contributed by atoms with van der Waals surface area (Å²) < 4.78 is 0. The molecule has 19 heavy (non-hydrogen) atoms. The smallest absolute Gasteiger partial charge is 0.253 e. The number of benzene rings is 1. The third-order valence-electron chi connectivity index (χ3n) is 2.52. The van der Waals surface area contributed by atoms with Crippen LogP contribution in [0.1, 0.15) is 28.4 Å². The lowest BCUT2D eigenvalue weighted by atomic mass is 10.0. The zero-order chi connectivity index (χ0) is 14.4. The molecule has 0 aliphatic heterocycles. The second-order valence-electron chi connectivity index (χ2n) is 4.15. The maximum atomic E-state index is 12.0. The van der Waals surface area contributed by atoms with E-state index in [4.69, 9.17) is 11.5 Å². The van der Waals surface area contributed by atoms with Gasteiger partial charge < -0.3 is 16.8 Å². The first kappa shape index (κ1) is 14.7. The summed E-state index contributed by atoms with van der Waals surface area (Å²) in [4.78, 5) is 23.0. The van der Waals surface area contributed by atoms with Crippen LogP contribution in [0.3, 0.4) is 0 Å². The minimum Gasteiger partial charge on any atom is -0.368 e. The van der Waals surface area contributed by atoms with Crippen LogP contribution in [-0.4, -0.2) is 24.4 Å². The Balaban J connectivity index is 3.05. The number of nitrogens with one attached hydrogen (secondary N) is 1. The number of carbonyl (C=O) groups is 2. The molecule has 5 nitrogen and oxygen atoms in total. The molecule has 0 saturated heterocycles. The summed E-state index contributed by atoms with van der Waals surface area (Å²) in [5.41, 5.74) is 12.4. The molecule has 0 bridgehead atoms. The average Bonchev–Trinajstić information content (AvgIpc) is 2.35. The van der Waals surface area contributed by atoms with Gasteiger partial charge in [-0.2, -0.15) is 0 Å². The van der Waals surface area contributed by atoms with E-state index in [2.05, 4.69) is 17.2 Å². The number of amides is 2. The molecular weight excluding hydrogens is 242 g/mol. The molecule has 0 aromatic heterocycles. The minimum absolute atomic E-state index is 0.215. The van der Waals surface area contributed by atoms with Gasteiger partial charge >= 0.3 is 0 Å². The van der Waals surface area contributed by atoms with Crippen molar-refractivity contribution in [1.82, 2.24) is 5.32 Å². The molecular formula is C14H17N3O2. The van der Waals surface area contributed by atoms with Crippen LogP contribution < -0.4 is 16.8 Å². The van der Waals surface area contributed by atoms with Gasteiger partial charge in [0.2, 0.25) is 5.91 Å². The second kappa shape index (κ2) is 6.57. The highest BCUT2D eigenvalue weighted by molar-refractivity contribution is 5.99. The third-order valence-corrected chi connectivity index (χ3v) is 2.52. The van der Waals surface area contributed by atoms with Gasteiger partial charge in [-0.05, 0) is 31.5 Å². The summed E-state index contributed by atoms with van der Waals surface area (Å²) in [6.45, 7) is 3.65. The van der Waals surface area contributed by atoms with Gasteiger partial charge in [-0.25, -0.2) is 0 Å². The molecule has 5 N–H and O–H groups in total. The molecule has 0 spiro atoms. The van der Waals surface area contributed by atoms with Crippen molar-refractivity contribution < 1.29 is 9.59 Å². The largest absolute Gasteiger partial charge is 0.368 e. The molecule has 1 atom stereocenters. The van der Waals surface area contributed by atoms with Gasteiger partial charge in [0.25, 0.3) is 5.91 Å². The van der Waals surface area contributed by atoms with Crippen LogP contribution in [-0.2, 0) is 4.79 Å². The molecule has 1 unspecified atom stereocenters. The fourth-order valence-electron chi connectivity index (χ4n) is 1.45. The number of hydrogen-bond donors (Lipinski definition) is 3. The Labute approximate surface area is 112 Å². The maximum Gasteiger partial charge on any atom is 0.253 e. The number of nitrogens with two attached hydrogens (primary N) is 2. The summed E-state index contributed by atoms with van der Waals surface area (Å²) in [6, 6.07) is 4.53.